The first-order valence-corrected chi connectivity index (χ1v) is 14.9. The summed E-state index contributed by atoms with van der Waals surface area (Å²) in [7, 11) is 2.71. The fourth-order valence-electron chi connectivity index (χ4n) is 4.69. The number of esters is 2. The van der Waals surface area contributed by atoms with Crippen molar-refractivity contribution in [2.24, 2.45) is 11.8 Å². The van der Waals surface area contributed by atoms with E-state index in [4.69, 9.17) is 23.7 Å². The highest BCUT2D eigenvalue weighted by Gasteiger charge is 2.40. The first-order valence-electron chi connectivity index (χ1n) is 14.9. The molecule has 0 radical (unpaired) electrons. The quantitative estimate of drug-likeness (QED) is 0.127. The van der Waals surface area contributed by atoms with Crippen LogP contribution in [0.4, 0.5) is 0 Å². The molecule has 1 heterocycles. The summed E-state index contributed by atoms with van der Waals surface area (Å²) in [6.45, 7) is 1.91. The number of methoxy groups -OCH3 is 2. The number of Topliss-reactive ketones (excluding diaryl/α,β-unsaturated/α-hetero) is 2. The molecule has 13 heteroatoms. The van der Waals surface area contributed by atoms with Crippen LogP contribution in [0.3, 0.4) is 0 Å². The van der Waals surface area contributed by atoms with Crippen molar-refractivity contribution in [1.29, 1.82) is 5.26 Å². The lowest BCUT2D eigenvalue weighted by molar-refractivity contribution is -0.151. The van der Waals surface area contributed by atoms with Gasteiger partial charge in [0.2, 0.25) is 11.8 Å². The number of carbonyl (C=O) groups excluding carboxylic acids is 4. The number of ether oxygens (including phenoxy) is 5. The minimum atomic E-state index is -0.694. The molecule has 0 unspecified atom stereocenters. The molecule has 0 amide bonds. The van der Waals surface area contributed by atoms with Crippen LogP contribution in [-0.4, -0.2) is 59.4 Å². The molecule has 2 fully saturated rings. The van der Waals surface area contributed by atoms with Crippen LogP contribution in [0.5, 0.6) is 23.3 Å². The monoisotopic (exact) mass is 655 g/mol. The molecule has 5 rings (SSSR count). The van der Waals surface area contributed by atoms with Crippen LogP contribution in [0.2, 0.25) is 0 Å². The van der Waals surface area contributed by atoms with Gasteiger partial charge in [0.1, 0.15) is 35.2 Å². The van der Waals surface area contributed by atoms with E-state index >= 15 is 0 Å². The van der Waals surface area contributed by atoms with Crippen molar-refractivity contribution < 1.29 is 48.0 Å². The number of hydrogen-bond acceptors (Lipinski definition) is 13. The van der Waals surface area contributed by atoms with Gasteiger partial charge in [0.05, 0.1) is 50.2 Å². The number of hydrogen-bond donors (Lipinski definition) is 1. The Kier molecular flexibility index (Phi) is 12.0. The largest absolute Gasteiger partial charge is 0.511 e. The van der Waals surface area contributed by atoms with Crippen molar-refractivity contribution in [3.8, 4) is 29.3 Å². The van der Waals surface area contributed by atoms with Gasteiger partial charge in [0, 0.05) is 24.3 Å². The molecule has 3 aromatic rings. The van der Waals surface area contributed by atoms with Crippen LogP contribution in [0.25, 0.3) is 5.57 Å². The number of aliphatic hydroxyl groups is 1. The highest BCUT2D eigenvalue weighted by molar-refractivity contribution is 6.23. The zero-order chi connectivity index (χ0) is 34.6. The van der Waals surface area contributed by atoms with E-state index in [9.17, 15) is 29.5 Å². The van der Waals surface area contributed by atoms with Crippen LogP contribution >= 0.6 is 0 Å². The molecular formula is C35H33N3O10. The number of aromatic nitrogens is 2. The molecule has 248 valence electrons. The lowest BCUT2D eigenvalue weighted by Crippen LogP contribution is -2.32. The molecular weight excluding hydrogens is 622 g/mol. The third-order valence-corrected chi connectivity index (χ3v) is 7.13. The minimum absolute atomic E-state index is 0.0351. The van der Waals surface area contributed by atoms with E-state index in [1.807, 2.05) is 0 Å². The van der Waals surface area contributed by atoms with Crippen molar-refractivity contribution in [3.63, 3.8) is 0 Å². The van der Waals surface area contributed by atoms with Gasteiger partial charge in [-0.1, -0.05) is 30.3 Å². The summed E-state index contributed by atoms with van der Waals surface area (Å²) in [5, 5.41) is 19.0. The number of rotatable bonds is 10. The van der Waals surface area contributed by atoms with Gasteiger partial charge in [-0.25, -0.2) is 14.8 Å². The molecule has 0 atom stereocenters. The van der Waals surface area contributed by atoms with Crippen LogP contribution in [0.1, 0.15) is 43.7 Å². The van der Waals surface area contributed by atoms with Crippen LogP contribution in [0, 0.1) is 23.2 Å². The van der Waals surface area contributed by atoms with Crippen LogP contribution in [-0.2, 0) is 33.4 Å². The SMILES string of the molecule is CCOC(=O)C1CC(=O)C(=C(O)C2CC2)C(=O)C1.CO/C=C(/C(=O)OC)c1ccccc1Oc1cc(Oc2ccccc2C#N)ncn1. The Morgan fingerprint density at radius 3 is 2.12 bits per heavy atom. The number of benzene rings is 2. The predicted molar refractivity (Wildman–Crippen MR) is 169 cm³/mol. The normalized spacial score (nSPS) is 15.7. The van der Waals surface area contributed by atoms with E-state index in [-0.39, 0.29) is 54.0 Å². The number of ketones is 2. The molecule has 48 heavy (non-hydrogen) atoms. The zero-order valence-corrected chi connectivity index (χ0v) is 26.5. The number of allylic oxidation sites excluding steroid dienone is 2. The molecule has 0 aliphatic heterocycles. The summed E-state index contributed by atoms with van der Waals surface area (Å²) in [5.41, 5.74) is 0.931. The van der Waals surface area contributed by atoms with Gasteiger partial charge < -0.3 is 28.8 Å². The van der Waals surface area contributed by atoms with E-state index in [0.29, 0.717) is 22.6 Å². The van der Waals surface area contributed by atoms with E-state index in [1.165, 1.54) is 32.9 Å². The van der Waals surface area contributed by atoms with Crippen molar-refractivity contribution in [2.45, 2.75) is 32.6 Å². The Bertz CT molecular complexity index is 1770. The summed E-state index contributed by atoms with van der Waals surface area (Å²) < 4.78 is 26.2. The number of aliphatic hydroxyl groups excluding tert-OH is 1. The van der Waals surface area contributed by atoms with E-state index in [2.05, 4.69) is 16.0 Å². The molecule has 1 N–H and O–H groups in total. The van der Waals surface area contributed by atoms with E-state index in [1.54, 1.807) is 55.5 Å². The maximum absolute atomic E-state index is 12.1. The van der Waals surface area contributed by atoms with Gasteiger partial charge in [-0.2, -0.15) is 5.26 Å². The summed E-state index contributed by atoms with van der Waals surface area (Å²) in [6, 6.07) is 17.2. The molecule has 0 saturated heterocycles. The van der Waals surface area contributed by atoms with Crippen molar-refractivity contribution in [3.05, 3.63) is 89.6 Å². The number of nitriles is 1. The fourth-order valence-corrected chi connectivity index (χ4v) is 4.69. The highest BCUT2D eigenvalue weighted by atomic mass is 16.5. The standard InChI is InChI=1S/C22H17N3O5.C13H16O5/c1-27-13-17(22(26)28-2)16-8-4-6-10-19(16)30-21-11-20(24-14-25-21)29-18-9-5-3-7-15(18)12-23;1-2-18-13(17)8-5-9(14)11(10(15)6-8)12(16)7-3-4-7/h3-11,13-14H,1-2H3;7-8,16H,2-6H2,1H3/b17-13+;. The van der Waals surface area contributed by atoms with Crippen LogP contribution in [0.15, 0.2) is 78.5 Å². The van der Waals surface area contributed by atoms with Crippen LogP contribution < -0.4 is 9.47 Å². The third kappa shape index (κ3) is 8.82. The summed E-state index contributed by atoms with van der Waals surface area (Å²) in [6.07, 6.45) is 4.09. The van der Waals surface area contributed by atoms with Crippen molar-refractivity contribution in [2.75, 3.05) is 20.8 Å². The predicted octanol–water partition coefficient (Wildman–Crippen LogP) is 5.41. The van der Waals surface area contributed by atoms with Crippen molar-refractivity contribution >= 4 is 29.1 Å². The first kappa shape index (κ1) is 34.8. The summed E-state index contributed by atoms with van der Waals surface area (Å²) in [5.74, 6) is -1.67. The lowest BCUT2D eigenvalue weighted by atomic mass is 9.82. The Labute approximate surface area is 276 Å². The molecule has 0 bridgehead atoms. The average Bonchev–Trinajstić information content (AvgIpc) is 3.94. The number of para-hydroxylation sites is 2. The second kappa shape index (κ2) is 16.5. The lowest BCUT2D eigenvalue weighted by Gasteiger charge is -2.21. The number of carbonyl (C=O) groups is 4. The van der Waals surface area contributed by atoms with Gasteiger partial charge in [-0.15, -0.1) is 0 Å². The fraction of sp³-hybridized carbons (Fsp3) is 0.286. The Morgan fingerprint density at radius 1 is 0.938 bits per heavy atom. The van der Waals surface area contributed by atoms with E-state index in [0.717, 1.165) is 12.8 Å². The molecule has 2 aliphatic carbocycles. The van der Waals surface area contributed by atoms with Crippen molar-refractivity contribution in [1.82, 2.24) is 9.97 Å². The third-order valence-electron chi connectivity index (χ3n) is 7.13. The van der Waals surface area contributed by atoms with Gasteiger partial charge in [-0.3, -0.25) is 14.4 Å². The zero-order valence-electron chi connectivity index (χ0n) is 26.5. The maximum Gasteiger partial charge on any atom is 0.341 e. The van der Waals surface area contributed by atoms with Gasteiger partial charge in [0.15, 0.2) is 11.6 Å². The molecule has 2 aliphatic rings. The highest BCUT2D eigenvalue weighted by Crippen LogP contribution is 2.39. The van der Waals surface area contributed by atoms with Gasteiger partial charge in [0.25, 0.3) is 0 Å². The average molecular weight is 656 g/mol. The maximum atomic E-state index is 12.1. The smallest absolute Gasteiger partial charge is 0.341 e. The molecule has 13 nitrogen and oxygen atoms in total. The molecule has 0 spiro atoms. The topological polar surface area (TPSA) is 184 Å². The Morgan fingerprint density at radius 2 is 1.54 bits per heavy atom. The molecule has 2 saturated carbocycles. The Hall–Kier alpha value is -6.03. The minimum Gasteiger partial charge on any atom is -0.511 e. The Balaban J connectivity index is 0.000000246. The van der Waals surface area contributed by atoms with Gasteiger partial charge in [-0.05, 0) is 38.0 Å². The van der Waals surface area contributed by atoms with E-state index < -0.39 is 29.4 Å². The van der Waals surface area contributed by atoms with Gasteiger partial charge >= 0.3 is 11.9 Å². The second-order valence-electron chi connectivity index (χ2n) is 10.5. The second-order valence-corrected chi connectivity index (χ2v) is 10.5. The first-order chi connectivity index (χ1) is 23.2. The summed E-state index contributed by atoms with van der Waals surface area (Å²) >= 11 is 0. The summed E-state index contributed by atoms with van der Waals surface area (Å²) in [4.78, 5) is 55.5. The number of nitrogens with zero attached hydrogens (tertiary/aromatic N) is 3. The molecule has 1 aromatic heterocycles. The molecule has 2 aromatic carbocycles.